The Balaban J connectivity index is 1.35. The van der Waals surface area contributed by atoms with E-state index in [0.717, 1.165) is 30.0 Å². The lowest BCUT2D eigenvalue weighted by Gasteiger charge is -2.03. The molecular formula is C21H18N2O3S. The van der Waals surface area contributed by atoms with Crippen LogP contribution < -0.4 is 10.1 Å². The van der Waals surface area contributed by atoms with Gasteiger partial charge in [0.1, 0.15) is 5.75 Å². The lowest BCUT2D eigenvalue weighted by atomic mass is 10.1. The molecule has 2 heterocycles. The van der Waals surface area contributed by atoms with Crippen LogP contribution in [0.15, 0.2) is 53.9 Å². The smallest absolute Gasteiger partial charge is 0.226 e. The fourth-order valence-corrected chi connectivity index (χ4v) is 3.72. The van der Waals surface area contributed by atoms with Gasteiger partial charge < -0.3 is 10.1 Å². The Labute approximate surface area is 161 Å². The average Bonchev–Trinajstić information content (AvgIpc) is 3.35. The van der Waals surface area contributed by atoms with Crippen LogP contribution in [0.3, 0.4) is 0 Å². The summed E-state index contributed by atoms with van der Waals surface area (Å²) in [5.41, 5.74) is 3.65. The minimum Gasteiger partial charge on any atom is -0.493 e. The van der Waals surface area contributed by atoms with Gasteiger partial charge in [0.15, 0.2) is 10.9 Å². The molecule has 2 aromatic carbocycles. The first-order valence-corrected chi connectivity index (χ1v) is 9.67. The van der Waals surface area contributed by atoms with E-state index in [4.69, 9.17) is 4.74 Å². The van der Waals surface area contributed by atoms with E-state index in [2.05, 4.69) is 16.4 Å². The summed E-state index contributed by atoms with van der Waals surface area (Å²) in [5.74, 6) is 0.694. The van der Waals surface area contributed by atoms with Crippen LogP contribution in [0.4, 0.5) is 5.13 Å². The quantitative estimate of drug-likeness (QED) is 0.648. The fourth-order valence-electron chi connectivity index (χ4n) is 2.99. The van der Waals surface area contributed by atoms with E-state index in [1.165, 1.54) is 16.9 Å². The number of hydrogen-bond donors (Lipinski definition) is 1. The van der Waals surface area contributed by atoms with Gasteiger partial charge in [-0.05, 0) is 23.8 Å². The number of thiazole rings is 1. The lowest BCUT2D eigenvalue weighted by molar-refractivity contribution is -0.116. The van der Waals surface area contributed by atoms with Crippen molar-refractivity contribution in [2.24, 2.45) is 0 Å². The normalized spacial score (nSPS) is 12.3. The number of Topliss-reactive ketones (excluding diaryl/α,β-unsaturated/α-hetero) is 1. The van der Waals surface area contributed by atoms with Crippen LogP contribution in [0.2, 0.25) is 0 Å². The third-order valence-corrected chi connectivity index (χ3v) is 5.17. The van der Waals surface area contributed by atoms with E-state index in [1.807, 2.05) is 35.7 Å². The molecule has 0 saturated carbocycles. The summed E-state index contributed by atoms with van der Waals surface area (Å²) in [6.45, 7) is 0.721. The summed E-state index contributed by atoms with van der Waals surface area (Å²) < 4.78 is 5.52. The molecule has 1 amide bonds. The first-order chi connectivity index (χ1) is 13.2. The Morgan fingerprint density at radius 2 is 1.96 bits per heavy atom. The van der Waals surface area contributed by atoms with Crippen molar-refractivity contribution in [2.75, 3.05) is 11.9 Å². The molecule has 136 valence electrons. The van der Waals surface area contributed by atoms with E-state index in [1.54, 1.807) is 12.1 Å². The Morgan fingerprint density at radius 1 is 1.11 bits per heavy atom. The van der Waals surface area contributed by atoms with Gasteiger partial charge in [-0.15, -0.1) is 11.3 Å². The van der Waals surface area contributed by atoms with Gasteiger partial charge in [0.05, 0.1) is 12.3 Å². The third-order valence-electron chi connectivity index (χ3n) is 4.41. The molecule has 1 aromatic heterocycles. The summed E-state index contributed by atoms with van der Waals surface area (Å²) in [5, 5.41) is 5.24. The van der Waals surface area contributed by atoms with Crippen molar-refractivity contribution in [2.45, 2.75) is 19.3 Å². The third kappa shape index (κ3) is 4.06. The van der Waals surface area contributed by atoms with Crippen molar-refractivity contribution in [1.29, 1.82) is 0 Å². The van der Waals surface area contributed by atoms with Crippen LogP contribution in [0, 0.1) is 0 Å². The highest BCUT2D eigenvalue weighted by Crippen LogP contribution is 2.31. The Hall–Kier alpha value is -2.99. The van der Waals surface area contributed by atoms with Crippen LogP contribution in [-0.4, -0.2) is 23.3 Å². The van der Waals surface area contributed by atoms with Gasteiger partial charge in [-0.1, -0.05) is 30.3 Å². The van der Waals surface area contributed by atoms with E-state index in [0.29, 0.717) is 10.7 Å². The number of ether oxygens (including phenoxy) is 1. The number of amides is 1. The second-order valence-electron chi connectivity index (χ2n) is 6.30. The first-order valence-electron chi connectivity index (χ1n) is 8.79. The minimum absolute atomic E-state index is 0.0362. The molecule has 0 saturated heterocycles. The number of fused-ring (bicyclic) bond motifs is 1. The van der Waals surface area contributed by atoms with E-state index in [9.17, 15) is 9.59 Å². The summed E-state index contributed by atoms with van der Waals surface area (Å²) in [6.07, 6.45) is 1.23. The van der Waals surface area contributed by atoms with Crippen LogP contribution in [0.1, 0.15) is 28.8 Å². The number of ketones is 1. The number of rotatable bonds is 6. The fraction of sp³-hybridized carbons (Fsp3) is 0.190. The van der Waals surface area contributed by atoms with Crippen molar-refractivity contribution in [1.82, 2.24) is 4.98 Å². The molecule has 4 rings (SSSR count). The van der Waals surface area contributed by atoms with Crippen LogP contribution in [0.5, 0.6) is 5.75 Å². The SMILES string of the molecule is O=C(CCC(=O)c1ccccc1)Nc1nc(-c2ccc3c(c2)CCO3)cs1. The van der Waals surface area contributed by atoms with Crippen LogP contribution in [0.25, 0.3) is 11.3 Å². The van der Waals surface area contributed by atoms with Gasteiger partial charge in [0.2, 0.25) is 5.91 Å². The maximum absolute atomic E-state index is 12.1. The zero-order valence-electron chi connectivity index (χ0n) is 14.6. The van der Waals surface area contributed by atoms with E-state index in [-0.39, 0.29) is 24.5 Å². The standard InChI is InChI=1S/C21H18N2O3S/c24-18(14-4-2-1-3-5-14)7-9-20(25)23-21-22-17(13-27-21)15-6-8-19-16(12-15)10-11-26-19/h1-6,8,12-13H,7,9-11H2,(H,22,23,25). The number of benzene rings is 2. The molecule has 5 nitrogen and oxygen atoms in total. The molecule has 6 heteroatoms. The van der Waals surface area contributed by atoms with Crippen LogP contribution >= 0.6 is 11.3 Å². The summed E-state index contributed by atoms with van der Waals surface area (Å²) in [4.78, 5) is 28.7. The Morgan fingerprint density at radius 3 is 2.81 bits per heavy atom. The second-order valence-corrected chi connectivity index (χ2v) is 7.15. The summed E-state index contributed by atoms with van der Waals surface area (Å²) in [7, 11) is 0. The lowest BCUT2D eigenvalue weighted by Crippen LogP contribution is -2.13. The van der Waals surface area contributed by atoms with Gasteiger partial charge in [0.25, 0.3) is 0 Å². The van der Waals surface area contributed by atoms with Gasteiger partial charge in [-0.2, -0.15) is 0 Å². The van der Waals surface area contributed by atoms with Crippen molar-refractivity contribution in [3.63, 3.8) is 0 Å². The second kappa shape index (κ2) is 7.72. The zero-order chi connectivity index (χ0) is 18.6. The van der Waals surface area contributed by atoms with Gasteiger partial charge >= 0.3 is 0 Å². The first kappa shape index (κ1) is 17.4. The van der Waals surface area contributed by atoms with Gasteiger partial charge in [-0.25, -0.2) is 4.98 Å². The molecule has 1 aliphatic rings. The number of carbonyl (C=O) groups is 2. The predicted molar refractivity (Wildman–Crippen MR) is 105 cm³/mol. The monoisotopic (exact) mass is 378 g/mol. The number of carbonyl (C=O) groups excluding carboxylic acids is 2. The topological polar surface area (TPSA) is 68.3 Å². The highest BCUT2D eigenvalue weighted by molar-refractivity contribution is 7.14. The molecule has 1 aliphatic heterocycles. The molecule has 0 unspecified atom stereocenters. The van der Waals surface area contributed by atoms with Crippen molar-refractivity contribution in [3.05, 3.63) is 65.0 Å². The number of hydrogen-bond acceptors (Lipinski definition) is 5. The Kier molecular flexibility index (Phi) is 4.98. The minimum atomic E-state index is -0.206. The maximum Gasteiger partial charge on any atom is 0.226 e. The van der Waals surface area contributed by atoms with E-state index < -0.39 is 0 Å². The molecule has 27 heavy (non-hydrogen) atoms. The Bertz CT molecular complexity index is 982. The highest BCUT2D eigenvalue weighted by Gasteiger charge is 2.15. The van der Waals surface area contributed by atoms with Crippen molar-refractivity contribution < 1.29 is 14.3 Å². The molecule has 0 bridgehead atoms. The van der Waals surface area contributed by atoms with Gasteiger partial charge in [0, 0.05) is 35.8 Å². The van der Waals surface area contributed by atoms with E-state index >= 15 is 0 Å². The molecule has 3 aromatic rings. The highest BCUT2D eigenvalue weighted by atomic mass is 32.1. The molecule has 0 atom stereocenters. The average molecular weight is 378 g/mol. The largest absolute Gasteiger partial charge is 0.493 e. The van der Waals surface area contributed by atoms with Crippen molar-refractivity contribution in [3.8, 4) is 17.0 Å². The predicted octanol–water partition coefficient (Wildman–Crippen LogP) is 4.35. The molecule has 0 radical (unpaired) electrons. The number of anilines is 1. The number of nitrogens with zero attached hydrogens (tertiary/aromatic N) is 1. The van der Waals surface area contributed by atoms with Crippen molar-refractivity contribution >= 4 is 28.2 Å². The molecule has 0 aliphatic carbocycles. The number of nitrogens with one attached hydrogen (secondary N) is 1. The zero-order valence-corrected chi connectivity index (χ0v) is 15.4. The van der Waals surface area contributed by atoms with Gasteiger partial charge in [-0.3, -0.25) is 9.59 Å². The summed E-state index contributed by atoms with van der Waals surface area (Å²) >= 11 is 1.38. The molecular weight excluding hydrogens is 360 g/mol. The van der Waals surface area contributed by atoms with Crippen LogP contribution in [-0.2, 0) is 11.2 Å². The molecule has 0 fully saturated rings. The maximum atomic E-state index is 12.1. The molecule has 0 spiro atoms. The number of aromatic nitrogens is 1. The summed E-state index contributed by atoms with van der Waals surface area (Å²) in [6, 6.07) is 15.0. The molecule has 1 N–H and O–H groups in total.